The molecule has 0 aliphatic carbocycles. The lowest BCUT2D eigenvalue weighted by Crippen LogP contribution is -2.12. The van der Waals surface area contributed by atoms with Gasteiger partial charge >= 0.3 is 0 Å². The average molecular weight is 292 g/mol. The molecule has 104 valence electrons. The quantitative estimate of drug-likeness (QED) is 0.625. The maximum atomic E-state index is 13.6. The number of ether oxygens (including phenoxy) is 1. The Hall–Kier alpha value is -2.01. The van der Waals surface area contributed by atoms with E-state index >= 15 is 0 Å². The fourth-order valence-corrected chi connectivity index (χ4v) is 2.78. The van der Waals surface area contributed by atoms with Gasteiger partial charge in [0.1, 0.15) is 6.29 Å². The summed E-state index contributed by atoms with van der Waals surface area (Å²) in [6.45, 7) is 3.56. The molecule has 0 unspecified atom stereocenters. The highest BCUT2D eigenvalue weighted by Gasteiger charge is 2.14. The summed E-state index contributed by atoms with van der Waals surface area (Å²) in [4.78, 5) is 24.5. The van der Waals surface area contributed by atoms with Crippen LogP contribution < -0.4 is 4.74 Å². The van der Waals surface area contributed by atoms with Gasteiger partial charge in [0.25, 0.3) is 0 Å². The molecule has 0 fully saturated rings. The third-order valence-electron chi connectivity index (χ3n) is 2.79. The zero-order chi connectivity index (χ0) is 14.7. The zero-order valence-corrected chi connectivity index (χ0v) is 11.9. The zero-order valence-electron chi connectivity index (χ0n) is 11.1. The van der Waals surface area contributed by atoms with Crippen LogP contribution in [0.15, 0.2) is 24.3 Å². The van der Waals surface area contributed by atoms with Gasteiger partial charge in [0.2, 0.25) is 5.78 Å². The second-order valence-corrected chi connectivity index (χ2v) is 5.81. The Morgan fingerprint density at radius 2 is 2.10 bits per heavy atom. The highest BCUT2D eigenvalue weighted by Crippen LogP contribution is 2.22. The number of carbonyl (C=O) groups is 2. The van der Waals surface area contributed by atoms with E-state index in [1.165, 1.54) is 23.5 Å². The Morgan fingerprint density at radius 1 is 1.35 bits per heavy atom. The van der Waals surface area contributed by atoms with Crippen LogP contribution in [0.2, 0.25) is 0 Å². The molecule has 2 rings (SSSR count). The van der Waals surface area contributed by atoms with Crippen molar-refractivity contribution < 1.29 is 18.7 Å². The van der Waals surface area contributed by atoms with Crippen molar-refractivity contribution in [3.63, 3.8) is 0 Å². The summed E-state index contributed by atoms with van der Waals surface area (Å²) >= 11 is 1.54. The van der Waals surface area contributed by atoms with Gasteiger partial charge in [-0.15, -0.1) is 11.3 Å². The third kappa shape index (κ3) is 3.11. The molecule has 0 atom stereocenters. The smallest absolute Gasteiger partial charge is 0.201 e. The fourth-order valence-electron chi connectivity index (χ4n) is 1.84. The van der Waals surface area contributed by atoms with Crippen molar-refractivity contribution in [1.29, 1.82) is 0 Å². The van der Waals surface area contributed by atoms with Crippen molar-refractivity contribution in [3.8, 4) is 5.75 Å². The molecule has 1 aromatic heterocycles. The monoisotopic (exact) mass is 292 g/mol. The summed E-state index contributed by atoms with van der Waals surface area (Å²) in [6.07, 6.45) is 0.551. The molecular weight excluding hydrogens is 279 g/mol. The van der Waals surface area contributed by atoms with Gasteiger partial charge in [0.05, 0.1) is 0 Å². The molecule has 0 N–H and O–H groups in total. The summed E-state index contributed by atoms with van der Waals surface area (Å²) in [5.41, 5.74) is 0.836. The second kappa shape index (κ2) is 5.96. The lowest BCUT2D eigenvalue weighted by atomic mass is 10.2. The number of aldehydes is 1. The third-order valence-corrected chi connectivity index (χ3v) is 3.76. The lowest BCUT2D eigenvalue weighted by molar-refractivity contribution is 0.0918. The standard InChI is InChI=1S/C15H13FO3S/c1-9-5-12(10(2)20-9)14(18)8-19-15-4-3-11(7-17)6-13(15)16/h3-7H,8H2,1-2H3. The van der Waals surface area contributed by atoms with E-state index in [2.05, 4.69) is 0 Å². The number of hydrogen-bond acceptors (Lipinski definition) is 4. The number of ketones is 1. The first-order chi connectivity index (χ1) is 9.51. The first-order valence-corrected chi connectivity index (χ1v) is 6.80. The summed E-state index contributed by atoms with van der Waals surface area (Å²) in [5.74, 6) is -0.875. The minimum atomic E-state index is -0.652. The topological polar surface area (TPSA) is 43.4 Å². The molecule has 1 aromatic carbocycles. The highest BCUT2D eigenvalue weighted by molar-refractivity contribution is 7.12. The van der Waals surface area contributed by atoms with Crippen molar-refractivity contribution in [3.05, 3.63) is 51.0 Å². The van der Waals surface area contributed by atoms with Gasteiger partial charge in [-0.1, -0.05) is 0 Å². The van der Waals surface area contributed by atoms with E-state index < -0.39 is 5.82 Å². The number of rotatable bonds is 5. The molecule has 0 aliphatic rings. The van der Waals surface area contributed by atoms with E-state index in [1.807, 2.05) is 13.8 Å². The Bertz CT molecular complexity index is 661. The van der Waals surface area contributed by atoms with Gasteiger partial charge in [0, 0.05) is 20.9 Å². The summed E-state index contributed by atoms with van der Waals surface area (Å²) in [6, 6.07) is 5.66. The molecule has 3 nitrogen and oxygen atoms in total. The number of benzene rings is 1. The fraction of sp³-hybridized carbons (Fsp3) is 0.200. The molecule has 0 amide bonds. The molecule has 5 heteroatoms. The van der Waals surface area contributed by atoms with Crippen molar-refractivity contribution in [2.24, 2.45) is 0 Å². The maximum absolute atomic E-state index is 13.6. The Labute approximate surface area is 120 Å². The van der Waals surface area contributed by atoms with E-state index in [4.69, 9.17) is 4.74 Å². The summed E-state index contributed by atoms with van der Waals surface area (Å²) < 4.78 is 18.8. The molecule has 0 bridgehead atoms. The van der Waals surface area contributed by atoms with E-state index in [9.17, 15) is 14.0 Å². The number of halogens is 1. The van der Waals surface area contributed by atoms with Crippen LogP contribution in [0, 0.1) is 19.7 Å². The molecule has 0 saturated carbocycles. The van der Waals surface area contributed by atoms with Crippen LogP contribution in [-0.2, 0) is 0 Å². The normalized spacial score (nSPS) is 10.3. The Balaban J connectivity index is 2.07. The molecule has 2 aromatic rings. The van der Waals surface area contributed by atoms with Crippen LogP contribution in [0.4, 0.5) is 4.39 Å². The van der Waals surface area contributed by atoms with Gasteiger partial charge in [0.15, 0.2) is 18.2 Å². The van der Waals surface area contributed by atoms with E-state index in [1.54, 1.807) is 6.07 Å². The van der Waals surface area contributed by atoms with Crippen LogP contribution in [0.25, 0.3) is 0 Å². The van der Waals surface area contributed by atoms with Gasteiger partial charge in [-0.05, 0) is 38.1 Å². The maximum Gasteiger partial charge on any atom is 0.201 e. The summed E-state index contributed by atoms with van der Waals surface area (Å²) in [5, 5.41) is 0. The van der Waals surface area contributed by atoms with Crippen molar-refractivity contribution in [2.45, 2.75) is 13.8 Å². The van der Waals surface area contributed by atoms with E-state index in [-0.39, 0.29) is 23.7 Å². The van der Waals surface area contributed by atoms with E-state index in [0.29, 0.717) is 11.8 Å². The predicted molar refractivity (Wildman–Crippen MR) is 75.4 cm³/mol. The highest BCUT2D eigenvalue weighted by atomic mass is 32.1. The molecule has 0 saturated heterocycles. The van der Waals surface area contributed by atoms with Crippen LogP contribution >= 0.6 is 11.3 Å². The number of hydrogen-bond donors (Lipinski definition) is 0. The van der Waals surface area contributed by atoms with Crippen LogP contribution in [0.5, 0.6) is 5.75 Å². The number of aryl methyl sites for hydroxylation is 2. The molecule has 0 aliphatic heterocycles. The van der Waals surface area contributed by atoms with Gasteiger partial charge < -0.3 is 4.74 Å². The number of carbonyl (C=O) groups excluding carboxylic acids is 2. The van der Waals surface area contributed by atoms with E-state index in [0.717, 1.165) is 15.8 Å². The summed E-state index contributed by atoms with van der Waals surface area (Å²) in [7, 11) is 0. The largest absolute Gasteiger partial charge is 0.482 e. The molecule has 0 radical (unpaired) electrons. The Kier molecular flexibility index (Phi) is 4.29. The minimum Gasteiger partial charge on any atom is -0.482 e. The molecule has 1 heterocycles. The van der Waals surface area contributed by atoms with Gasteiger partial charge in [-0.25, -0.2) is 4.39 Å². The lowest BCUT2D eigenvalue weighted by Gasteiger charge is -2.06. The Morgan fingerprint density at radius 3 is 2.65 bits per heavy atom. The van der Waals surface area contributed by atoms with Crippen molar-refractivity contribution in [1.82, 2.24) is 0 Å². The van der Waals surface area contributed by atoms with Gasteiger partial charge in [-0.3, -0.25) is 9.59 Å². The van der Waals surface area contributed by atoms with Crippen molar-refractivity contribution in [2.75, 3.05) is 6.61 Å². The molecular formula is C15H13FO3S. The predicted octanol–water partition coefficient (Wildman–Crippen LogP) is 3.58. The number of thiophene rings is 1. The molecule has 0 spiro atoms. The second-order valence-electron chi connectivity index (χ2n) is 4.35. The van der Waals surface area contributed by atoms with Crippen molar-refractivity contribution >= 4 is 23.4 Å². The first-order valence-electron chi connectivity index (χ1n) is 5.99. The van der Waals surface area contributed by atoms with Crippen LogP contribution in [-0.4, -0.2) is 18.7 Å². The minimum absolute atomic E-state index is 0.0337. The molecule has 20 heavy (non-hydrogen) atoms. The first kappa shape index (κ1) is 14.4. The van der Waals surface area contributed by atoms with Crippen LogP contribution in [0.1, 0.15) is 30.5 Å². The SMILES string of the molecule is Cc1cc(C(=O)COc2ccc(C=O)cc2F)c(C)s1. The van der Waals surface area contributed by atoms with Crippen LogP contribution in [0.3, 0.4) is 0 Å². The number of Topliss-reactive ketones (excluding diaryl/α,β-unsaturated/α-hetero) is 1. The average Bonchev–Trinajstić information content (AvgIpc) is 2.76. The van der Waals surface area contributed by atoms with Gasteiger partial charge in [-0.2, -0.15) is 0 Å².